The first-order valence-corrected chi connectivity index (χ1v) is 8.78. The molecule has 2 heterocycles. The number of carbonyl (C=O) groups is 3. The molecule has 1 fully saturated rings. The molecule has 2 aliphatic rings. The molecule has 1 aromatic carbocycles. The minimum Gasteiger partial charge on any atom is -0.422 e. The van der Waals surface area contributed by atoms with Gasteiger partial charge in [0.1, 0.15) is 11.8 Å². The largest absolute Gasteiger partial charge is 0.422 e. The van der Waals surface area contributed by atoms with E-state index in [9.17, 15) is 14.4 Å². The molecule has 27 heavy (non-hydrogen) atoms. The summed E-state index contributed by atoms with van der Waals surface area (Å²) in [5, 5.41) is 2.55. The number of ether oxygens (including phenoxy) is 2. The fourth-order valence-corrected chi connectivity index (χ4v) is 3.67. The predicted molar refractivity (Wildman–Crippen MR) is 99.8 cm³/mol. The third-order valence-electron chi connectivity index (χ3n) is 4.25. The fraction of sp³-hybridized carbons (Fsp3) is 0.353. The lowest BCUT2D eigenvalue weighted by Crippen LogP contribution is -2.55. The van der Waals surface area contributed by atoms with Crippen molar-refractivity contribution in [1.29, 1.82) is 0 Å². The van der Waals surface area contributed by atoms with Gasteiger partial charge in [0.25, 0.3) is 5.79 Å². The number of cyclic esters (lactones) is 2. The van der Waals surface area contributed by atoms with Crippen molar-refractivity contribution in [3.8, 4) is 0 Å². The topological polar surface area (TPSA) is 120 Å². The standard InChI is InChI=1S/C17H16ClN3O5S/c1-17(2)25-14(23)11(15(24)26-17)9(7-5-3-4-6-8(7)18)10-12(19)20-16(27)21-13(10)22/h3-6,9-11H,1-2H3,(H3,19,20,21,22,27). The van der Waals surface area contributed by atoms with E-state index < -0.39 is 41.4 Å². The number of rotatable bonds is 3. The first-order valence-electron chi connectivity index (χ1n) is 8.00. The Morgan fingerprint density at radius 1 is 1.19 bits per heavy atom. The highest BCUT2D eigenvalue weighted by atomic mass is 35.5. The van der Waals surface area contributed by atoms with Gasteiger partial charge in [-0.25, -0.2) is 4.99 Å². The Balaban J connectivity index is 2.15. The van der Waals surface area contributed by atoms with Crippen LogP contribution in [0.3, 0.4) is 0 Å². The van der Waals surface area contributed by atoms with Crippen LogP contribution >= 0.6 is 23.8 Å². The number of thiocarbonyl (C=S) groups is 1. The summed E-state index contributed by atoms with van der Waals surface area (Å²) < 4.78 is 10.4. The SMILES string of the molecule is CC1(C)OC(=O)C(C(c2ccccc2Cl)C2C(=O)NC(=S)N=C2N)C(=O)O1. The number of nitrogens with two attached hydrogens (primary N) is 1. The average molecular weight is 410 g/mol. The molecule has 0 saturated carbocycles. The highest BCUT2D eigenvalue weighted by Crippen LogP contribution is 2.41. The molecule has 1 amide bonds. The zero-order valence-electron chi connectivity index (χ0n) is 14.4. The zero-order chi connectivity index (χ0) is 19.9. The highest BCUT2D eigenvalue weighted by Gasteiger charge is 2.53. The number of hydrogen-bond acceptors (Lipinski definition) is 7. The van der Waals surface area contributed by atoms with E-state index >= 15 is 0 Å². The van der Waals surface area contributed by atoms with Crippen molar-refractivity contribution in [2.24, 2.45) is 22.6 Å². The number of amidine groups is 1. The van der Waals surface area contributed by atoms with Crippen LogP contribution in [-0.2, 0) is 23.9 Å². The Labute approximate surface area is 165 Å². The number of halogens is 1. The van der Waals surface area contributed by atoms with Gasteiger partial charge in [0.2, 0.25) is 11.0 Å². The molecule has 2 unspecified atom stereocenters. The van der Waals surface area contributed by atoms with Gasteiger partial charge in [0.15, 0.2) is 5.92 Å². The van der Waals surface area contributed by atoms with Crippen molar-refractivity contribution in [3.63, 3.8) is 0 Å². The Kier molecular flexibility index (Phi) is 4.92. The summed E-state index contributed by atoms with van der Waals surface area (Å²) in [6.07, 6.45) is 0. The molecule has 8 nitrogen and oxygen atoms in total. The number of nitrogens with one attached hydrogen (secondary N) is 1. The average Bonchev–Trinajstić information content (AvgIpc) is 2.51. The Bertz CT molecular complexity index is 865. The molecule has 0 spiro atoms. The molecule has 1 saturated heterocycles. The van der Waals surface area contributed by atoms with Gasteiger partial charge < -0.3 is 20.5 Å². The molecule has 0 bridgehead atoms. The molecule has 0 aliphatic carbocycles. The van der Waals surface area contributed by atoms with Gasteiger partial charge >= 0.3 is 11.9 Å². The van der Waals surface area contributed by atoms with Crippen molar-refractivity contribution in [2.45, 2.75) is 25.6 Å². The van der Waals surface area contributed by atoms with Crippen LogP contribution in [0.4, 0.5) is 0 Å². The number of benzene rings is 1. The molecule has 142 valence electrons. The maximum absolute atomic E-state index is 12.7. The molecule has 3 rings (SSSR count). The fourth-order valence-electron chi connectivity index (χ4n) is 3.20. The Morgan fingerprint density at radius 2 is 1.78 bits per heavy atom. The number of hydrogen-bond donors (Lipinski definition) is 2. The molecule has 3 N–H and O–H groups in total. The number of amides is 1. The number of esters is 2. The monoisotopic (exact) mass is 409 g/mol. The minimum atomic E-state index is -1.45. The van der Waals surface area contributed by atoms with E-state index in [-0.39, 0.29) is 16.0 Å². The van der Waals surface area contributed by atoms with Crippen molar-refractivity contribution in [3.05, 3.63) is 34.9 Å². The van der Waals surface area contributed by atoms with E-state index in [4.69, 9.17) is 39.0 Å². The summed E-state index contributed by atoms with van der Waals surface area (Å²) in [7, 11) is 0. The molecule has 0 aromatic heterocycles. The van der Waals surface area contributed by atoms with Crippen molar-refractivity contribution < 1.29 is 23.9 Å². The van der Waals surface area contributed by atoms with Gasteiger partial charge in [-0.3, -0.25) is 14.4 Å². The van der Waals surface area contributed by atoms with Crippen LogP contribution in [0.15, 0.2) is 29.3 Å². The molecule has 0 radical (unpaired) electrons. The van der Waals surface area contributed by atoms with Gasteiger partial charge in [0.05, 0.1) is 0 Å². The van der Waals surface area contributed by atoms with Gasteiger partial charge in [0, 0.05) is 24.8 Å². The second kappa shape index (κ2) is 6.90. The predicted octanol–water partition coefficient (Wildman–Crippen LogP) is 1.26. The molecular formula is C17H16ClN3O5S. The van der Waals surface area contributed by atoms with Crippen LogP contribution in [0, 0.1) is 11.8 Å². The van der Waals surface area contributed by atoms with Crippen molar-refractivity contribution in [1.82, 2.24) is 5.32 Å². The van der Waals surface area contributed by atoms with E-state index in [1.807, 2.05) is 0 Å². The van der Waals surface area contributed by atoms with Gasteiger partial charge in [-0.15, -0.1) is 0 Å². The van der Waals surface area contributed by atoms with Crippen molar-refractivity contribution >= 4 is 52.6 Å². The number of carbonyl (C=O) groups excluding carboxylic acids is 3. The lowest BCUT2D eigenvalue weighted by Gasteiger charge is -2.38. The summed E-state index contributed by atoms with van der Waals surface area (Å²) in [6.45, 7) is 2.87. The third-order valence-corrected chi connectivity index (χ3v) is 4.78. The number of aliphatic imine (C=N–C) groups is 1. The third kappa shape index (κ3) is 3.65. The maximum Gasteiger partial charge on any atom is 0.324 e. The molecule has 10 heteroatoms. The molecular weight excluding hydrogens is 394 g/mol. The highest BCUT2D eigenvalue weighted by molar-refractivity contribution is 7.80. The summed E-state index contributed by atoms with van der Waals surface area (Å²) in [5.41, 5.74) is 6.32. The van der Waals surface area contributed by atoms with Crippen LogP contribution in [-0.4, -0.2) is 34.6 Å². The van der Waals surface area contributed by atoms with Gasteiger partial charge in [-0.05, 0) is 23.8 Å². The second-order valence-electron chi connectivity index (χ2n) is 6.58. The Hall–Kier alpha value is -2.52. The van der Waals surface area contributed by atoms with E-state index in [1.54, 1.807) is 24.3 Å². The van der Waals surface area contributed by atoms with Crippen LogP contribution < -0.4 is 11.1 Å². The maximum atomic E-state index is 12.7. The molecule has 2 aliphatic heterocycles. The van der Waals surface area contributed by atoms with Gasteiger partial charge in [-0.2, -0.15) is 0 Å². The minimum absolute atomic E-state index is 0.0958. The van der Waals surface area contributed by atoms with E-state index in [0.717, 1.165) is 0 Å². The van der Waals surface area contributed by atoms with E-state index in [0.29, 0.717) is 5.56 Å². The Morgan fingerprint density at radius 3 is 2.33 bits per heavy atom. The van der Waals surface area contributed by atoms with E-state index in [1.165, 1.54) is 13.8 Å². The van der Waals surface area contributed by atoms with Crippen LogP contribution in [0.5, 0.6) is 0 Å². The normalized spacial score (nSPS) is 23.8. The lowest BCUT2D eigenvalue weighted by atomic mass is 9.74. The van der Waals surface area contributed by atoms with E-state index in [2.05, 4.69) is 10.3 Å². The number of nitrogens with zero attached hydrogens (tertiary/aromatic N) is 1. The van der Waals surface area contributed by atoms with Crippen molar-refractivity contribution in [2.75, 3.05) is 0 Å². The lowest BCUT2D eigenvalue weighted by molar-refractivity contribution is -0.241. The second-order valence-corrected chi connectivity index (χ2v) is 7.37. The summed E-state index contributed by atoms with van der Waals surface area (Å²) >= 11 is 11.2. The smallest absolute Gasteiger partial charge is 0.324 e. The zero-order valence-corrected chi connectivity index (χ0v) is 16.0. The molecule has 1 aromatic rings. The first-order chi connectivity index (χ1) is 12.6. The van der Waals surface area contributed by atoms with Crippen LogP contribution in [0.1, 0.15) is 25.3 Å². The summed E-state index contributed by atoms with van der Waals surface area (Å²) in [5.74, 6) is -7.50. The summed E-state index contributed by atoms with van der Waals surface area (Å²) in [4.78, 5) is 41.9. The summed E-state index contributed by atoms with van der Waals surface area (Å²) in [6, 6.07) is 6.51. The van der Waals surface area contributed by atoms with Crippen LogP contribution in [0.25, 0.3) is 0 Å². The van der Waals surface area contributed by atoms with Crippen LogP contribution in [0.2, 0.25) is 5.02 Å². The van der Waals surface area contributed by atoms with Gasteiger partial charge in [-0.1, -0.05) is 29.8 Å². The quantitative estimate of drug-likeness (QED) is 0.438. The first kappa shape index (κ1) is 19.2. The molecule has 2 atom stereocenters.